The molecule has 16 rings (SSSR count). The van der Waals surface area contributed by atoms with Crippen LogP contribution in [0.1, 0.15) is 86.1 Å². The molecule has 0 spiro atoms. The molecule has 0 atom stereocenters. The van der Waals surface area contributed by atoms with Gasteiger partial charge in [-0.3, -0.25) is 0 Å². The second-order valence-corrected chi connectivity index (χ2v) is 29.1. The maximum atomic E-state index is 2.42. The Hall–Kier alpha value is -11.2. The average Bonchev–Trinajstić information content (AvgIpc) is 0.727. The Bertz CT molecular complexity index is 5080. The van der Waals surface area contributed by atoms with E-state index in [9.17, 15) is 0 Å². The molecule has 4 nitrogen and oxygen atoms in total. The summed E-state index contributed by atoms with van der Waals surface area (Å²) in [5.41, 5.74) is 24.2. The standard InChI is InChI=1S/C50H48N2.C44H36N2/c1-33-9-21-39(22-10-33)51(41-25-17-37(18-26-41)49(3,4)5)45-31-15-35-14-30-44-46(32-16-36-13-29-43(45)47(35)48(36)44)52(40-23-11-34(2)12-24-40)42-27-19-38(20-28-42)50(6,7)8;1-29-5-17-35(18-6-29)45(36-19-7-30(2)8-20-36)41-27-15-33-14-26-40-42(28-16-34-13-25-39(41)43(33)44(34)40)46(37-21-9-31(3)10-22-37)38-23-11-32(4)12-24-38/h9-32H,1-8H3;5-28H,1-4H3. The molecule has 0 aliphatic heterocycles. The van der Waals surface area contributed by atoms with Gasteiger partial charge >= 0.3 is 0 Å². The third kappa shape index (κ3) is 11.8. The predicted octanol–water partition coefficient (Wildman–Crippen LogP) is 27.5. The zero-order chi connectivity index (χ0) is 67.7. The Morgan fingerprint density at radius 3 is 0.490 bits per heavy atom. The molecule has 0 fully saturated rings. The van der Waals surface area contributed by atoms with E-state index >= 15 is 0 Å². The van der Waals surface area contributed by atoms with Crippen LogP contribution in [0.2, 0.25) is 0 Å². The monoisotopic (exact) mass is 1270 g/mol. The molecule has 0 N–H and O–H groups in total. The zero-order valence-electron chi connectivity index (χ0n) is 58.5. The number of hydrogen-bond donors (Lipinski definition) is 0. The summed E-state index contributed by atoms with van der Waals surface area (Å²) in [7, 11) is 0. The number of hydrogen-bond acceptors (Lipinski definition) is 4. The number of aryl methyl sites for hydroxylation is 6. The van der Waals surface area contributed by atoms with E-state index in [4.69, 9.17) is 0 Å². The Balaban J connectivity index is 0.000000161. The second-order valence-electron chi connectivity index (χ2n) is 29.1. The van der Waals surface area contributed by atoms with Crippen LogP contribution in [0.15, 0.2) is 291 Å². The highest BCUT2D eigenvalue weighted by Crippen LogP contribution is 2.51. The maximum Gasteiger partial charge on any atom is 0.0540 e. The van der Waals surface area contributed by atoms with Crippen LogP contribution in [0.25, 0.3) is 64.6 Å². The Kier molecular flexibility index (Phi) is 16.1. The average molecular weight is 1270 g/mol. The molecule has 0 aliphatic rings. The zero-order valence-corrected chi connectivity index (χ0v) is 58.5. The Morgan fingerprint density at radius 1 is 0.173 bits per heavy atom. The van der Waals surface area contributed by atoms with Gasteiger partial charge in [-0.1, -0.05) is 245 Å². The molecule has 0 saturated carbocycles. The van der Waals surface area contributed by atoms with Crippen molar-refractivity contribution in [1.29, 1.82) is 0 Å². The largest absolute Gasteiger partial charge is 0.310 e. The van der Waals surface area contributed by atoms with Crippen molar-refractivity contribution in [3.8, 4) is 0 Å². The summed E-state index contributed by atoms with van der Waals surface area (Å²) < 4.78 is 0. The van der Waals surface area contributed by atoms with Crippen molar-refractivity contribution in [2.24, 2.45) is 0 Å². The minimum Gasteiger partial charge on any atom is -0.310 e. The number of rotatable bonds is 12. The van der Waals surface area contributed by atoms with Crippen LogP contribution in [-0.4, -0.2) is 0 Å². The Morgan fingerprint density at radius 2 is 0.327 bits per heavy atom. The quantitative estimate of drug-likeness (QED) is 0.113. The summed E-state index contributed by atoms with van der Waals surface area (Å²) in [5, 5.41) is 15.1. The van der Waals surface area contributed by atoms with Gasteiger partial charge < -0.3 is 19.6 Å². The fraction of sp³-hybridized carbons (Fsp3) is 0.149. The lowest BCUT2D eigenvalue weighted by molar-refractivity contribution is 0.590. The molecular weight excluding hydrogens is 1190 g/mol. The smallest absolute Gasteiger partial charge is 0.0540 e. The molecule has 16 aromatic rings. The molecule has 16 aromatic carbocycles. The highest BCUT2D eigenvalue weighted by Gasteiger charge is 2.26. The van der Waals surface area contributed by atoms with Crippen molar-refractivity contribution < 1.29 is 0 Å². The van der Waals surface area contributed by atoms with Crippen LogP contribution in [0.4, 0.5) is 68.2 Å². The van der Waals surface area contributed by atoms with Gasteiger partial charge in [0.1, 0.15) is 0 Å². The van der Waals surface area contributed by atoms with Crippen molar-refractivity contribution in [3.05, 3.63) is 336 Å². The molecule has 0 radical (unpaired) electrons. The third-order valence-electron chi connectivity index (χ3n) is 19.9. The molecule has 4 heteroatoms. The maximum absolute atomic E-state index is 2.42. The molecule has 98 heavy (non-hydrogen) atoms. The van der Waals surface area contributed by atoms with E-state index in [2.05, 4.69) is 394 Å². The van der Waals surface area contributed by atoms with Gasteiger partial charge in [0.25, 0.3) is 0 Å². The van der Waals surface area contributed by atoms with Crippen molar-refractivity contribution >= 4 is 133 Å². The van der Waals surface area contributed by atoms with Gasteiger partial charge in [0.15, 0.2) is 0 Å². The molecule has 480 valence electrons. The minimum absolute atomic E-state index is 0.0824. The minimum atomic E-state index is 0.0824. The van der Waals surface area contributed by atoms with E-state index in [1.54, 1.807) is 0 Å². The van der Waals surface area contributed by atoms with Gasteiger partial charge in [-0.05, 0) is 228 Å². The van der Waals surface area contributed by atoms with E-state index < -0.39 is 0 Å². The number of benzene rings is 16. The topological polar surface area (TPSA) is 13.0 Å². The van der Waals surface area contributed by atoms with Crippen LogP contribution in [0.5, 0.6) is 0 Å². The van der Waals surface area contributed by atoms with Crippen LogP contribution < -0.4 is 19.6 Å². The first kappa shape index (κ1) is 62.9. The summed E-state index contributed by atoms with van der Waals surface area (Å²) in [6, 6.07) is 108. The van der Waals surface area contributed by atoms with Crippen LogP contribution in [0.3, 0.4) is 0 Å². The molecule has 0 heterocycles. The lowest BCUT2D eigenvalue weighted by atomic mass is 9.87. The van der Waals surface area contributed by atoms with Crippen molar-refractivity contribution in [1.82, 2.24) is 0 Å². The van der Waals surface area contributed by atoms with Crippen molar-refractivity contribution in [3.63, 3.8) is 0 Å². The lowest BCUT2D eigenvalue weighted by Gasteiger charge is -2.30. The summed E-state index contributed by atoms with van der Waals surface area (Å²) in [6.07, 6.45) is 0. The number of anilines is 12. The van der Waals surface area contributed by atoms with Crippen molar-refractivity contribution in [2.75, 3.05) is 19.6 Å². The molecule has 0 unspecified atom stereocenters. The van der Waals surface area contributed by atoms with Crippen LogP contribution >= 0.6 is 0 Å². The van der Waals surface area contributed by atoms with Gasteiger partial charge in [-0.15, -0.1) is 0 Å². The fourth-order valence-corrected chi connectivity index (χ4v) is 14.4. The molecular formula is C94H84N4. The molecule has 0 bridgehead atoms. The van der Waals surface area contributed by atoms with E-state index in [0.29, 0.717) is 0 Å². The highest BCUT2D eigenvalue weighted by atomic mass is 15.2. The second kappa shape index (κ2) is 25.1. The van der Waals surface area contributed by atoms with E-state index in [-0.39, 0.29) is 10.8 Å². The molecule has 0 saturated heterocycles. The first-order valence-corrected chi connectivity index (χ1v) is 34.5. The summed E-state index contributed by atoms with van der Waals surface area (Å²) in [4.78, 5) is 9.65. The van der Waals surface area contributed by atoms with Gasteiger partial charge in [0.2, 0.25) is 0 Å². The predicted molar refractivity (Wildman–Crippen MR) is 425 cm³/mol. The fourth-order valence-electron chi connectivity index (χ4n) is 14.4. The highest BCUT2D eigenvalue weighted by molar-refractivity contribution is 6.29. The van der Waals surface area contributed by atoms with Crippen LogP contribution in [-0.2, 0) is 10.8 Å². The number of nitrogens with zero attached hydrogens (tertiary/aromatic N) is 4. The molecule has 0 amide bonds. The van der Waals surface area contributed by atoms with Crippen molar-refractivity contribution in [2.45, 2.75) is 93.9 Å². The summed E-state index contributed by atoms with van der Waals surface area (Å²) >= 11 is 0. The van der Waals surface area contributed by atoms with Gasteiger partial charge in [0.05, 0.1) is 22.7 Å². The van der Waals surface area contributed by atoms with Gasteiger partial charge in [-0.25, -0.2) is 0 Å². The third-order valence-corrected chi connectivity index (χ3v) is 19.9. The van der Waals surface area contributed by atoms with E-state index in [0.717, 1.165) is 45.5 Å². The Labute approximate surface area is 578 Å². The normalized spacial score (nSPS) is 11.9. The molecule has 0 aromatic heterocycles. The summed E-state index contributed by atoms with van der Waals surface area (Å²) in [5.74, 6) is 0. The first-order valence-electron chi connectivity index (χ1n) is 34.5. The van der Waals surface area contributed by atoms with Crippen LogP contribution in [0, 0.1) is 41.5 Å². The first-order chi connectivity index (χ1) is 47.3. The van der Waals surface area contributed by atoms with Gasteiger partial charge in [0, 0.05) is 67.0 Å². The summed E-state index contributed by atoms with van der Waals surface area (Å²) in [6.45, 7) is 26.5. The SMILES string of the molecule is Cc1ccc(N(c2ccc(C(C)(C)C)cc2)c2ccc3ccc4c(N(c5ccc(C)cc5)c5ccc(C(C)(C)C)cc5)ccc5ccc2c3c54)cc1.Cc1ccc(N(c2ccc(C)cc2)c2ccc3ccc4c(N(c5ccc(C)cc5)c5ccc(C)cc5)ccc5ccc2c3c54)cc1. The lowest BCUT2D eigenvalue weighted by Crippen LogP contribution is -2.14. The van der Waals surface area contributed by atoms with Gasteiger partial charge in [-0.2, -0.15) is 0 Å². The van der Waals surface area contributed by atoms with E-state index in [1.807, 2.05) is 0 Å². The molecule has 0 aliphatic carbocycles. The van der Waals surface area contributed by atoms with E-state index in [1.165, 1.54) is 132 Å².